The maximum absolute atomic E-state index is 12.7. The van der Waals surface area contributed by atoms with E-state index >= 15 is 0 Å². The number of amides is 2. The molecule has 1 unspecified atom stereocenters. The Morgan fingerprint density at radius 1 is 1.07 bits per heavy atom. The molecule has 1 atom stereocenters. The van der Waals surface area contributed by atoms with Gasteiger partial charge in [-0.05, 0) is 43.5 Å². The van der Waals surface area contributed by atoms with Gasteiger partial charge in [0.25, 0.3) is 11.8 Å². The third kappa shape index (κ3) is 5.17. The van der Waals surface area contributed by atoms with Gasteiger partial charge in [-0.2, -0.15) is 0 Å². The molecule has 2 aromatic rings. The van der Waals surface area contributed by atoms with Crippen molar-refractivity contribution in [1.82, 2.24) is 10.2 Å². The van der Waals surface area contributed by atoms with Crippen LogP contribution >= 0.6 is 0 Å². The maximum Gasteiger partial charge on any atom is 0.326 e. The predicted molar refractivity (Wildman–Crippen MR) is 111 cm³/mol. The molecule has 158 valence electrons. The molecular weight excluding hydrogens is 384 g/mol. The van der Waals surface area contributed by atoms with E-state index in [0.29, 0.717) is 31.0 Å². The summed E-state index contributed by atoms with van der Waals surface area (Å²) in [6.07, 6.45) is -0.145. The quantitative estimate of drug-likeness (QED) is 0.708. The molecule has 0 aliphatic carbocycles. The van der Waals surface area contributed by atoms with Crippen molar-refractivity contribution >= 4 is 17.8 Å². The highest BCUT2D eigenvalue weighted by atomic mass is 16.5. The Morgan fingerprint density at radius 2 is 1.77 bits per heavy atom. The first-order valence-electron chi connectivity index (χ1n) is 10.0. The van der Waals surface area contributed by atoms with Gasteiger partial charge in [0.1, 0.15) is 12.3 Å². The van der Waals surface area contributed by atoms with Crippen LogP contribution in [0.25, 0.3) is 0 Å². The van der Waals surface area contributed by atoms with Gasteiger partial charge in [-0.1, -0.05) is 36.4 Å². The SMILES string of the molecule is CCOc1ccccc1C(=O)NCC(=O)OC(C)C(=O)N1CCc2ccccc2C1. The highest BCUT2D eigenvalue weighted by molar-refractivity contribution is 5.98. The van der Waals surface area contributed by atoms with E-state index in [4.69, 9.17) is 9.47 Å². The first-order valence-corrected chi connectivity index (χ1v) is 10.0. The number of hydrogen-bond donors (Lipinski definition) is 1. The number of para-hydroxylation sites is 1. The first kappa shape index (κ1) is 21.4. The zero-order chi connectivity index (χ0) is 21.5. The van der Waals surface area contributed by atoms with Crippen LogP contribution in [0, 0.1) is 0 Å². The van der Waals surface area contributed by atoms with Crippen LogP contribution in [-0.4, -0.2) is 48.5 Å². The largest absolute Gasteiger partial charge is 0.493 e. The van der Waals surface area contributed by atoms with Gasteiger partial charge in [-0.15, -0.1) is 0 Å². The molecule has 1 aliphatic heterocycles. The molecule has 0 aromatic heterocycles. The lowest BCUT2D eigenvalue weighted by molar-refractivity contribution is -0.158. The second-order valence-corrected chi connectivity index (χ2v) is 7.02. The van der Waals surface area contributed by atoms with E-state index in [-0.39, 0.29) is 12.5 Å². The number of nitrogens with zero attached hydrogens (tertiary/aromatic N) is 1. The van der Waals surface area contributed by atoms with Crippen molar-refractivity contribution in [2.24, 2.45) is 0 Å². The smallest absolute Gasteiger partial charge is 0.326 e. The molecule has 0 bridgehead atoms. The fourth-order valence-electron chi connectivity index (χ4n) is 3.41. The molecule has 30 heavy (non-hydrogen) atoms. The predicted octanol–water partition coefficient (Wildman–Crippen LogP) is 2.33. The molecule has 3 rings (SSSR count). The lowest BCUT2D eigenvalue weighted by Gasteiger charge is -2.30. The molecule has 1 aliphatic rings. The van der Waals surface area contributed by atoms with E-state index in [1.807, 2.05) is 25.1 Å². The molecule has 1 N–H and O–H groups in total. The summed E-state index contributed by atoms with van der Waals surface area (Å²) in [6.45, 7) is 4.55. The standard InChI is InChI=1S/C23H26N2O5/c1-3-29-20-11-7-6-10-19(20)22(27)24-14-21(26)30-16(2)23(28)25-13-12-17-8-4-5-9-18(17)15-25/h4-11,16H,3,12-15H2,1-2H3,(H,24,27). The van der Waals surface area contributed by atoms with E-state index in [9.17, 15) is 14.4 Å². The zero-order valence-corrected chi connectivity index (χ0v) is 17.2. The highest BCUT2D eigenvalue weighted by Gasteiger charge is 2.27. The number of rotatable bonds is 7. The van der Waals surface area contributed by atoms with Crippen molar-refractivity contribution in [3.63, 3.8) is 0 Å². The van der Waals surface area contributed by atoms with E-state index in [1.54, 1.807) is 36.1 Å². The van der Waals surface area contributed by atoms with Crippen LogP contribution in [0.2, 0.25) is 0 Å². The topological polar surface area (TPSA) is 84.9 Å². The lowest BCUT2D eigenvalue weighted by atomic mass is 9.99. The fraction of sp³-hybridized carbons (Fsp3) is 0.348. The molecule has 0 saturated carbocycles. The number of ether oxygens (including phenoxy) is 2. The molecule has 0 fully saturated rings. The minimum atomic E-state index is -0.921. The molecule has 2 amide bonds. The number of esters is 1. The number of hydrogen-bond acceptors (Lipinski definition) is 5. The van der Waals surface area contributed by atoms with E-state index in [0.717, 1.165) is 12.0 Å². The van der Waals surface area contributed by atoms with Crippen molar-refractivity contribution in [1.29, 1.82) is 0 Å². The molecule has 1 heterocycles. The minimum Gasteiger partial charge on any atom is -0.493 e. The second kappa shape index (κ2) is 9.91. The molecule has 0 saturated heterocycles. The molecule has 0 radical (unpaired) electrons. The van der Waals surface area contributed by atoms with Crippen molar-refractivity contribution in [2.75, 3.05) is 19.7 Å². The Kier molecular flexibility index (Phi) is 7.06. The number of fused-ring (bicyclic) bond motifs is 1. The third-order valence-corrected chi connectivity index (χ3v) is 4.92. The summed E-state index contributed by atoms with van der Waals surface area (Å²) in [7, 11) is 0. The van der Waals surface area contributed by atoms with Crippen LogP contribution in [0.1, 0.15) is 35.3 Å². The van der Waals surface area contributed by atoms with Gasteiger partial charge in [-0.25, -0.2) is 0 Å². The number of benzene rings is 2. The summed E-state index contributed by atoms with van der Waals surface area (Å²) in [4.78, 5) is 38.9. The Morgan fingerprint density at radius 3 is 2.53 bits per heavy atom. The zero-order valence-electron chi connectivity index (χ0n) is 17.2. The maximum atomic E-state index is 12.7. The first-order chi connectivity index (χ1) is 14.5. The van der Waals surface area contributed by atoms with Crippen LogP contribution in [0.4, 0.5) is 0 Å². The lowest BCUT2D eigenvalue weighted by Crippen LogP contribution is -2.43. The van der Waals surface area contributed by atoms with Crippen molar-refractivity contribution < 1.29 is 23.9 Å². The van der Waals surface area contributed by atoms with Gasteiger partial charge >= 0.3 is 5.97 Å². The molecule has 7 heteroatoms. The summed E-state index contributed by atoms with van der Waals surface area (Å²) in [6, 6.07) is 14.8. The molecule has 7 nitrogen and oxygen atoms in total. The summed E-state index contributed by atoms with van der Waals surface area (Å²) >= 11 is 0. The van der Waals surface area contributed by atoms with E-state index < -0.39 is 18.0 Å². The summed E-state index contributed by atoms with van der Waals surface area (Å²) in [5.74, 6) is -0.913. The fourth-order valence-corrected chi connectivity index (χ4v) is 3.41. The summed E-state index contributed by atoms with van der Waals surface area (Å²) < 4.78 is 10.7. The van der Waals surface area contributed by atoms with Crippen LogP contribution in [0.3, 0.4) is 0 Å². The summed E-state index contributed by atoms with van der Waals surface area (Å²) in [5.41, 5.74) is 2.68. The van der Waals surface area contributed by atoms with Gasteiger partial charge in [0.15, 0.2) is 6.10 Å². The van der Waals surface area contributed by atoms with Crippen LogP contribution < -0.4 is 10.1 Å². The number of carbonyl (C=O) groups is 3. The van der Waals surface area contributed by atoms with E-state index in [2.05, 4.69) is 11.4 Å². The van der Waals surface area contributed by atoms with Crippen LogP contribution in [0.5, 0.6) is 5.75 Å². The number of carbonyl (C=O) groups excluding carboxylic acids is 3. The van der Waals surface area contributed by atoms with Gasteiger partial charge in [0.2, 0.25) is 0 Å². The summed E-state index contributed by atoms with van der Waals surface area (Å²) in [5, 5.41) is 2.52. The van der Waals surface area contributed by atoms with Gasteiger partial charge in [-0.3, -0.25) is 14.4 Å². The highest BCUT2D eigenvalue weighted by Crippen LogP contribution is 2.20. The average molecular weight is 410 g/mol. The van der Waals surface area contributed by atoms with Crippen molar-refractivity contribution in [3.05, 3.63) is 65.2 Å². The average Bonchev–Trinajstić information content (AvgIpc) is 2.77. The molecule has 2 aromatic carbocycles. The number of nitrogens with one attached hydrogen (secondary N) is 1. The van der Waals surface area contributed by atoms with Crippen LogP contribution in [-0.2, 0) is 27.3 Å². The normalized spacial score (nSPS) is 13.7. The molecular formula is C23H26N2O5. The Hall–Kier alpha value is -3.35. The van der Waals surface area contributed by atoms with Crippen LogP contribution in [0.15, 0.2) is 48.5 Å². The van der Waals surface area contributed by atoms with Crippen molar-refractivity contribution in [3.8, 4) is 5.75 Å². The monoisotopic (exact) mass is 410 g/mol. The van der Waals surface area contributed by atoms with Gasteiger partial charge < -0.3 is 19.7 Å². The second-order valence-electron chi connectivity index (χ2n) is 7.02. The third-order valence-electron chi connectivity index (χ3n) is 4.92. The Balaban J connectivity index is 1.50. The molecule has 0 spiro atoms. The van der Waals surface area contributed by atoms with Gasteiger partial charge in [0, 0.05) is 13.1 Å². The van der Waals surface area contributed by atoms with Gasteiger partial charge in [0.05, 0.1) is 12.2 Å². The Bertz CT molecular complexity index is 927. The Labute approximate surface area is 176 Å². The van der Waals surface area contributed by atoms with Crippen molar-refractivity contribution in [2.45, 2.75) is 32.9 Å². The van der Waals surface area contributed by atoms with E-state index in [1.165, 1.54) is 5.56 Å². The minimum absolute atomic E-state index is 0.245.